The Kier molecular flexibility index (Phi) is 5.76. The number of para-hydroxylation sites is 1. The summed E-state index contributed by atoms with van der Waals surface area (Å²) in [6.45, 7) is 5.73. The second kappa shape index (κ2) is 8.52. The van der Waals surface area contributed by atoms with Gasteiger partial charge in [0.25, 0.3) is 11.8 Å². The maximum Gasteiger partial charge on any atom is 0.282 e. The maximum atomic E-state index is 13.7. The van der Waals surface area contributed by atoms with Gasteiger partial charge in [0.15, 0.2) is 0 Å². The number of carbonyl (C=O) groups excluding carboxylic acids is 2. The molecule has 32 heavy (non-hydrogen) atoms. The Bertz CT molecular complexity index is 1260. The fourth-order valence-electron chi connectivity index (χ4n) is 3.94. The van der Waals surface area contributed by atoms with Crippen molar-refractivity contribution in [3.63, 3.8) is 0 Å². The third kappa shape index (κ3) is 3.76. The summed E-state index contributed by atoms with van der Waals surface area (Å²) in [5, 5.41) is 3.75. The lowest BCUT2D eigenvalue weighted by atomic mass is 10.0. The van der Waals surface area contributed by atoms with Gasteiger partial charge in [0, 0.05) is 16.3 Å². The fourth-order valence-corrected chi connectivity index (χ4v) is 4.11. The summed E-state index contributed by atoms with van der Waals surface area (Å²) in [4.78, 5) is 28.5. The molecule has 1 N–H and O–H groups in total. The zero-order chi connectivity index (χ0) is 23.0. The second-order valence-corrected chi connectivity index (χ2v) is 8.19. The molecule has 0 saturated heterocycles. The van der Waals surface area contributed by atoms with E-state index in [1.54, 1.807) is 24.3 Å². The van der Waals surface area contributed by atoms with E-state index in [4.69, 9.17) is 16.3 Å². The van der Waals surface area contributed by atoms with Gasteiger partial charge in [0.2, 0.25) is 0 Å². The van der Waals surface area contributed by atoms with Crippen molar-refractivity contribution in [2.45, 2.75) is 20.8 Å². The van der Waals surface area contributed by atoms with Crippen LogP contribution in [0.1, 0.15) is 22.3 Å². The zero-order valence-corrected chi connectivity index (χ0v) is 19.1. The summed E-state index contributed by atoms with van der Waals surface area (Å²) < 4.78 is 5.50. The highest BCUT2D eigenvalue weighted by Crippen LogP contribution is 2.38. The molecule has 162 valence electrons. The van der Waals surface area contributed by atoms with Crippen molar-refractivity contribution in [2.24, 2.45) is 0 Å². The van der Waals surface area contributed by atoms with E-state index in [0.717, 1.165) is 16.7 Å². The number of carbonyl (C=O) groups is 2. The van der Waals surface area contributed by atoms with Crippen LogP contribution in [-0.4, -0.2) is 18.9 Å². The van der Waals surface area contributed by atoms with E-state index in [2.05, 4.69) is 5.32 Å². The number of halogens is 1. The minimum atomic E-state index is -0.430. The molecule has 3 aromatic carbocycles. The van der Waals surface area contributed by atoms with Gasteiger partial charge < -0.3 is 10.1 Å². The molecule has 5 nitrogen and oxygen atoms in total. The van der Waals surface area contributed by atoms with E-state index >= 15 is 0 Å². The Morgan fingerprint density at radius 2 is 1.56 bits per heavy atom. The van der Waals surface area contributed by atoms with Crippen LogP contribution in [0.3, 0.4) is 0 Å². The SMILES string of the molecule is COc1ccccc1C1=C(Nc2cccc(Cl)c2C)C(=O)N(c2cc(C)cc(C)c2)C1=O. The summed E-state index contributed by atoms with van der Waals surface area (Å²) in [5.41, 5.74) is 4.88. The van der Waals surface area contributed by atoms with Crippen molar-refractivity contribution in [3.05, 3.63) is 93.6 Å². The van der Waals surface area contributed by atoms with Gasteiger partial charge in [-0.3, -0.25) is 9.59 Å². The first-order chi connectivity index (χ1) is 15.3. The van der Waals surface area contributed by atoms with Crippen LogP contribution in [0.15, 0.2) is 66.4 Å². The summed E-state index contributed by atoms with van der Waals surface area (Å²) in [6, 6.07) is 18.2. The van der Waals surface area contributed by atoms with E-state index in [1.165, 1.54) is 12.0 Å². The Balaban J connectivity index is 1.91. The summed E-state index contributed by atoms with van der Waals surface area (Å²) in [6.07, 6.45) is 0. The molecule has 2 amide bonds. The number of imide groups is 1. The minimum Gasteiger partial charge on any atom is -0.496 e. The van der Waals surface area contributed by atoms with E-state index < -0.39 is 11.8 Å². The molecule has 0 saturated carbocycles. The first kappa shape index (κ1) is 21.7. The lowest BCUT2D eigenvalue weighted by Crippen LogP contribution is -2.32. The maximum absolute atomic E-state index is 13.7. The van der Waals surface area contributed by atoms with Crippen molar-refractivity contribution < 1.29 is 14.3 Å². The summed E-state index contributed by atoms with van der Waals surface area (Å²) in [7, 11) is 1.54. The molecule has 1 aliphatic heterocycles. The number of methoxy groups -OCH3 is 1. The fraction of sp³-hybridized carbons (Fsp3) is 0.154. The van der Waals surface area contributed by atoms with Crippen molar-refractivity contribution in [3.8, 4) is 5.75 Å². The molecule has 0 atom stereocenters. The van der Waals surface area contributed by atoms with Crippen LogP contribution >= 0.6 is 11.6 Å². The average molecular weight is 447 g/mol. The molecule has 0 radical (unpaired) electrons. The lowest BCUT2D eigenvalue weighted by Gasteiger charge is -2.17. The molecule has 0 unspecified atom stereocenters. The lowest BCUT2D eigenvalue weighted by molar-refractivity contribution is -0.120. The number of rotatable bonds is 5. The number of anilines is 2. The normalized spacial score (nSPS) is 13.7. The predicted octanol–water partition coefficient (Wildman–Crippen LogP) is 5.67. The van der Waals surface area contributed by atoms with Crippen molar-refractivity contribution in [1.82, 2.24) is 0 Å². The molecule has 0 aromatic heterocycles. The topological polar surface area (TPSA) is 58.6 Å². The van der Waals surface area contributed by atoms with Gasteiger partial charge >= 0.3 is 0 Å². The highest BCUT2D eigenvalue weighted by molar-refractivity contribution is 6.46. The Morgan fingerprint density at radius 1 is 0.875 bits per heavy atom. The largest absolute Gasteiger partial charge is 0.496 e. The number of benzene rings is 3. The Hall–Kier alpha value is -3.57. The van der Waals surface area contributed by atoms with Crippen LogP contribution in [0.4, 0.5) is 11.4 Å². The van der Waals surface area contributed by atoms with Gasteiger partial charge in [-0.05, 0) is 67.8 Å². The van der Waals surface area contributed by atoms with Crippen molar-refractivity contribution in [1.29, 1.82) is 0 Å². The van der Waals surface area contributed by atoms with E-state index in [9.17, 15) is 9.59 Å². The molecule has 6 heteroatoms. The number of ether oxygens (including phenoxy) is 1. The van der Waals surface area contributed by atoms with Gasteiger partial charge in [-0.2, -0.15) is 0 Å². The first-order valence-electron chi connectivity index (χ1n) is 10.2. The van der Waals surface area contributed by atoms with Gasteiger partial charge in [0.1, 0.15) is 11.4 Å². The minimum absolute atomic E-state index is 0.184. The number of amides is 2. The van der Waals surface area contributed by atoms with Crippen LogP contribution < -0.4 is 15.0 Å². The van der Waals surface area contributed by atoms with Gasteiger partial charge in [0.05, 0.1) is 18.4 Å². The molecule has 3 aromatic rings. The third-order valence-electron chi connectivity index (χ3n) is 5.45. The van der Waals surface area contributed by atoms with Gasteiger partial charge in [-0.1, -0.05) is 41.9 Å². The Morgan fingerprint density at radius 3 is 2.25 bits per heavy atom. The van der Waals surface area contributed by atoms with Gasteiger partial charge in [-0.15, -0.1) is 0 Å². The molecular formula is C26H23ClN2O3. The number of hydrogen-bond donors (Lipinski definition) is 1. The highest BCUT2D eigenvalue weighted by Gasteiger charge is 2.41. The zero-order valence-electron chi connectivity index (χ0n) is 18.3. The van der Waals surface area contributed by atoms with E-state index in [0.29, 0.717) is 27.7 Å². The summed E-state index contributed by atoms with van der Waals surface area (Å²) in [5.74, 6) is -0.333. The summed E-state index contributed by atoms with van der Waals surface area (Å²) >= 11 is 6.29. The van der Waals surface area contributed by atoms with Crippen LogP contribution in [-0.2, 0) is 9.59 Å². The van der Waals surface area contributed by atoms with Crippen molar-refractivity contribution in [2.75, 3.05) is 17.3 Å². The monoisotopic (exact) mass is 446 g/mol. The third-order valence-corrected chi connectivity index (χ3v) is 5.86. The number of hydrogen-bond acceptors (Lipinski definition) is 4. The number of nitrogens with zero attached hydrogens (tertiary/aromatic N) is 1. The van der Waals surface area contributed by atoms with Crippen LogP contribution in [0.5, 0.6) is 5.75 Å². The predicted molar refractivity (Wildman–Crippen MR) is 128 cm³/mol. The van der Waals surface area contributed by atoms with Gasteiger partial charge in [-0.25, -0.2) is 4.90 Å². The van der Waals surface area contributed by atoms with Crippen LogP contribution in [0, 0.1) is 20.8 Å². The standard InChI is InChI=1S/C26H23ClN2O3/c1-15-12-16(2)14-18(13-15)29-25(30)23(19-8-5-6-11-22(19)32-4)24(26(29)31)28-21-10-7-9-20(27)17(21)3/h5-14,28H,1-4H3. The molecular weight excluding hydrogens is 424 g/mol. The molecule has 1 heterocycles. The number of nitrogens with one attached hydrogen (secondary N) is 1. The second-order valence-electron chi connectivity index (χ2n) is 7.78. The van der Waals surface area contributed by atoms with Crippen molar-refractivity contribution >= 4 is 40.4 Å². The van der Waals surface area contributed by atoms with E-state index in [1.807, 2.05) is 57.2 Å². The molecule has 4 rings (SSSR count). The Labute approximate surface area is 192 Å². The van der Waals surface area contributed by atoms with Crippen LogP contribution in [0.25, 0.3) is 5.57 Å². The molecule has 0 bridgehead atoms. The van der Waals surface area contributed by atoms with E-state index in [-0.39, 0.29) is 11.3 Å². The van der Waals surface area contributed by atoms with Crippen LogP contribution in [0.2, 0.25) is 5.02 Å². The first-order valence-corrected chi connectivity index (χ1v) is 10.6. The molecule has 0 fully saturated rings. The molecule has 0 spiro atoms. The average Bonchev–Trinajstić information content (AvgIpc) is 3.00. The highest BCUT2D eigenvalue weighted by atomic mass is 35.5. The number of aryl methyl sites for hydroxylation is 2. The molecule has 1 aliphatic rings. The molecule has 0 aliphatic carbocycles. The smallest absolute Gasteiger partial charge is 0.282 e. The quantitative estimate of drug-likeness (QED) is 0.513.